The van der Waals surface area contributed by atoms with Crippen LogP contribution in [-0.2, 0) is 9.59 Å². The number of carbonyl (C=O) groups excluding carboxylic acids is 3. The smallest absolute Gasteiger partial charge is 0.0621 e. The van der Waals surface area contributed by atoms with E-state index >= 15 is 0 Å². The molecule has 0 radical (unpaired) electrons. The zero-order valence-electron chi connectivity index (χ0n) is 20.1. The Balaban J connectivity index is 1.48. The molecule has 7 nitrogen and oxygen atoms in total. The third-order valence-electron chi connectivity index (χ3n) is 5.49. The van der Waals surface area contributed by atoms with Crippen molar-refractivity contribution in [3.63, 3.8) is 0 Å². The molecule has 0 fully saturated rings. The third kappa shape index (κ3) is 7.56. The van der Waals surface area contributed by atoms with Crippen LogP contribution in [-0.4, -0.2) is 47.7 Å². The fraction of sp³-hybridized carbons (Fsp3) is 0.0690. The van der Waals surface area contributed by atoms with Gasteiger partial charge in [0.1, 0.15) is 0 Å². The molecule has 4 aromatic carbocycles. The Morgan fingerprint density at radius 3 is 1.59 bits per heavy atom. The fourth-order valence-corrected chi connectivity index (χ4v) is 4.24. The second kappa shape index (κ2) is 12.6. The molecule has 0 bridgehead atoms. The molecule has 0 saturated heterocycles. The molecule has 186 valence electrons. The molecule has 0 spiro atoms. The normalized spacial score (nSPS) is 10.3. The predicted molar refractivity (Wildman–Crippen MR) is 151 cm³/mol. The molecule has 0 aliphatic heterocycles. The van der Waals surface area contributed by atoms with Crippen LogP contribution in [0.3, 0.4) is 0 Å². The van der Waals surface area contributed by atoms with Crippen LogP contribution in [0.1, 0.15) is 10.4 Å². The molecule has 1 atom stereocenters. The van der Waals surface area contributed by atoms with Crippen molar-refractivity contribution in [3.8, 4) is 0 Å². The summed E-state index contributed by atoms with van der Waals surface area (Å²) in [6.45, 7) is -0.0954. The molecule has 0 aliphatic rings. The van der Waals surface area contributed by atoms with Gasteiger partial charge in [-0.25, -0.2) is 0 Å². The number of carbonyl (C=O) groups is 3. The monoisotopic (exact) mass is 554 g/mol. The van der Waals surface area contributed by atoms with Crippen molar-refractivity contribution in [2.24, 2.45) is 0 Å². The van der Waals surface area contributed by atoms with Crippen LogP contribution in [0.4, 0.5) is 22.7 Å². The molecule has 0 heterocycles. The number of benzene rings is 4. The summed E-state index contributed by atoms with van der Waals surface area (Å²) in [5.74, 6) is -0.754. The van der Waals surface area contributed by atoms with Crippen LogP contribution in [0.25, 0.3) is 0 Å². The number of para-hydroxylation sites is 3. The van der Waals surface area contributed by atoms with Crippen LogP contribution in [0, 0.1) is 0 Å². The molecule has 37 heavy (non-hydrogen) atoms. The summed E-state index contributed by atoms with van der Waals surface area (Å²) in [7, 11) is 0. The number of rotatable bonds is 9. The molecule has 8 heteroatoms. The fourth-order valence-electron chi connectivity index (χ4n) is 3.66. The van der Waals surface area contributed by atoms with Gasteiger partial charge in [0.2, 0.25) is 0 Å². The summed E-state index contributed by atoms with van der Waals surface area (Å²) in [4.78, 5) is 40.0. The zero-order valence-corrected chi connectivity index (χ0v) is 22.5. The van der Waals surface area contributed by atoms with Gasteiger partial charge in [0.05, 0.1) is 0 Å². The minimum absolute atomic E-state index is 0.0477. The first-order valence-electron chi connectivity index (χ1n) is 11.7. The van der Waals surface area contributed by atoms with Gasteiger partial charge in [-0.2, -0.15) is 0 Å². The first kappa shape index (κ1) is 25.7. The predicted octanol–water partition coefficient (Wildman–Crippen LogP) is 3.28. The van der Waals surface area contributed by atoms with Crippen molar-refractivity contribution >= 4 is 61.7 Å². The van der Waals surface area contributed by atoms with E-state index in [1.54, 1.807) is 53.4 Å². The van der Waals surface area contributed by atoms with Crippen LogP contribution >= 0.6 is 0 Å². The molecular formula is C29H27AsN4O3. The Kier molecular flexibility index (Phi) is 8.74. The van der Waals surface area contributed by atoms with E-state index in [2.05, 4.69) is 16.0 Å². The van der Waals surface area contributed by atoms with Gasteiger partial charge in [-0.1, -0.05) is 36.4 Å². The van der Waals surface area contributed by atoms with Crippen molar-refractivity contribution in [1.82, 2.24) is 0 Å². The second-order valence-electron chi connectivity index (χ2n) is 8.27. The maximum atomic E-state index is 12.8. The van der Waals surface area contributed by atoms with E-state index in [1.807, 2.05) is 60.7 Å². The number of nitrogens with zero attached hydrogens (tertiary/aromatic N) is 1. The second-order valence-corrected chi connectivity index (χ2v) is 9.58. The van der Waals surface area contributed by atoms with Crippen molar-refractivity contribution in [2.45, 2.75) is 0 Å². The molecule has 1 unspecified atom stereocenters. The van der Waals surface area contributed by atoms with E-state index in [4.69, 9.17) is 0 Å². The quantitative estimate of drug-likeness (QED) is 0.277. The van der Waals surface area contributed by atoms with Gasteiger partial charge in [-0.15, -0.1) is 0 Å². The average Bonchev–Trinajstić information content (AvgIpc) is 2.91. The minimum atomic E-state index is -0.262. The minimum Gasteiger partial charge on any atom is -0.0621 e. The van der Waals surface area contributed by atoms with Gasteiger partial charge < -0.3 is 0 Å². The first-order chi connectivity index (χ1) is 18.0. The third-order valence-corrected chi connectivity index (χ3v) is 6.54. The molecule has 4 aromatic rings. The summed E-state index contributed by atoms with van der Waals surface area (Å²) in [6, 6.07) is 32.7. The van der Waals surface area contributed by atoms with Crippen molar-refractivity contribution in [3.05, 3.63) is 115 Å². The molecule has 4 rings (SSSR count). The van der Waals surface area contributed by atoms with E-state index in [0.29, 0.717) is 22.6 Å². The molecule has 3 amide bonds. The van der Waals surface area contributed by atoms with Crippen molar-refractivity contribution in [1.29, 1.82) is 0 Å². The van der Waals surface area contributed by atoms with Crippen LogP contribution in [0.15, 0.2) is 109 Å². The number of hydrogen-bond acceptors (Lipinski definition) is 4. The molecule has 0 aromatic heterocycles. The molecular weight excluding hydrogens is 527 g/mol. The summed E-state index contributed by atoms with van der Waals surface area (Å²) in [5, 5.41) is 8.63. The Hall–Kier alpha value is -4.35. The van der Waals surface area contributed by atoms with Crippen molar-refractivity contribution < 1.29 is 14.4 Å². The van der Waals surface area contributed by atoms with Gasteiger partial charge in [-0.3, -0.25) is 0 Å². The van der Waals surface area contributed by atoms with E-state index < -0.39 is 0 Å². The molecule has 3 N–H and O–H groups in total. The van der Waals surface area contributed by atoms with E-state index in [-0.39, 0.29) is 30.8 Å². The number of amides is 3. The maximum absolute atomic E-state index is 12.8. The van der Waals surface area contributed by atoms with Gasteiger partial charge >= 0.3 is 153 Å². The van der Waals surface area contributed by atoms with E-state index in [0.717, 1.165) is 10.0 Å². The zero-order chi connectivity index (χ0) is 26.0. The number of anilines is 4. The summed E-state index contributed by atoms with van der Waals surface area (Å²) in [6.07, 6.45) is 0. The van der Waals surface area contributed by atoms with E-state index in [1.165, 1.54) is 16.9 Å². The first-order valence-corrected chi connectivity index (χ1v) is 12.9. The van der Waals surface area contributed by atoms with Gasteiger partial charge in [0, 0.05) is 11.4 Å². The Labute approximate surface area is 224 Å². The van der Waals surface area contributed by atoms with Crippen LogP contribution < -0.4 is 25.2 Å². The van der Waals surface area contributed by atoms with E-state index in [9.17, 15) is 14.4 Å². The molecule has 0 aliphatic carbocycles. The van der Waals surface area contributed by atoms with Crippen LogP contribution in [0.2, 0.25) is 0 Å². The number of nitrogens with one attached hydrogen (secondary N) is 3. The van der Waals surface area contributed by atoms with Gasteiger partial charge in [0.25, 0.3) is 0 Å². The number of hydrogen-bond donors (Lipinski definition) is 3. The summed E-state index contributed by atoms with van der Waals surface area (Å²) >= 11 is 1.43. The van der Waals surface area contributed by atoms with Gasteiger partial charge in [0.15, 0.2) is 0 Å². The summed E-state index contributed by atoms with van der Waals surface area (Å²) in [5.41, 5.74) is 3.23. The van der Waals surface area contributed by atoms with Crippen molar-refractivity contribution in [2.75, 3.05) is 33.9 Å². The Morgan fingerprint density at radius 1 is 0.595 bits per heavy atom. The topological polar surface area (TPSA) is 90.5 Å². The standard InChI is InChI=1S/C29H27AsN4O3/c30-25-13-7-8-14-26(25)33-29(37)21-15-17-24(18-16-21)34(19-27(35)31-22-9-3-1-4-10-22)20-28(36)32-23-11-5-2-6-12-23/h1-18H,19-20,30H2,(H,31,35)(H,32,36)(H,33,37). The van der Waals surface area contributed by atoms with Crippen LogP contribution in [0.5, 0.6) is 0 Å². The SMILES string of the molecule is O=C(CN(CC(=O)Nc1ccccc1)c1ccc(C(=O)Nc2ccccc2[AsH2])cc1)Nc1ccccc1. The van der Waals surface area contributed by atoms with Gasteiger partial charge in [-0.05, 0) is 24.3 Å². The molecule has 0 saturated carbocycles. The average molecular weight is 554 g/mol. The Morgan fingerprint density at radius 2 is 1.08 bits per heavy atom. The summed E-state index contributed by atoms with van der Waals surface area (Å²) < 4.78 is 1.03. The Bertz CT molecular complexity index is 1310.